The summed E-state index contributed by atoms with van der Waals surface area (Å²) in [6.45, 7) is 8.03. The van der Waals surface area contributed by atoms with E-state index in [1.165, 1.54) is 0 Å². The summed E-state index contributed by atoms with van der Waals surface area (Å²) in [5.74, 6) is 0.909. The molecule has 0 fully saturated rings. The molecule has 0 atom stereocenters. The summed E-state index contributed by atoms with van der Waals surface area (Å²) in [6, 6.07) is 7.98. The first-order valence-electron chi connectivity index (χ1n) is 4.65. The van der Waals surface area contributed by atoms with Gasteiger partial charge < -0.3 is 4.74 Å². The van der Waals surface area contributed by atoms with Gasteiger partial charge in [-0.25, -0.2) is 0 Å². The van der Waals surface area contributed by atoms with E-state index in [1.807, 2.05) is 38.1 Å². The average molecular weight is 255 g/mol. The molecule has 0 amide bonds. The van der Waals surface area contributed by atoms with Crippen LogP contribution >= 0.6 is 15.9 Å². The molecule has 1 aromatic carbocycles. The normalized spacial score (nSPS) is 10.3. The van der Waals surface area contributed by atoms with Crippen molar-refractivity contribution in [3.8, 4) is 5.75 Å². The SMILES string of the molecule is C=C(CBr)c1ccccc1OC(C)C. The van der Waals surface area contributed by atoms with Crippen molar-refractivity contribution >= 4 is 21.5 Å². The Morgan fingerprint density at radius 2 is 2.07 bits per heavy atom. The number of alkyl halides is 1. The first kappa shape index (κ1) is 11.3. The van der Waals surface area contributed by atoms with Gasteiger partial charge in [0.2, 0.25) is 0 Å². The predicted molar refractivity (Wildman–Crippen MR) is 65.0 cm³/mol. The molecule has 0 heterocycles. The maximum atomic E-state index is 5.69. The van der Waals surface area contributed by atoms with Gasteiger partial charge in [-0.3, -0.25) is 0 Å². The van der Waals surface area contributed by atoms with Crippen LogP contribution in [0.1, 0.15) is 19.4 Å². The zero-order valence-corrected chi connectivity index (χ0v) is 10.2. The highest BCUT2D eigenvalue weighted by Gasteiger charge is 2.06. The van der Waals surface area contributed by atoms with E-state index in [0.29, 0.717) is 0 Å². The van der Waals surface area contributed by atoms with Gasteiger partial charge in [0, 0.05) is 10.9 Å². The minimum absolute atomic E-state index is 0.194. The third-order valence-electron chi connectivity index (χ3n) is 1.79. The third-order valence-corrected chi connectivity index (χ3v) is 2.47. The van der Waals surface area contributed by atoms with Gasteiger partial charge in [-0.2, -0.15) is 0 Å². The number of ether oxygens (including phenoxy) is 1. The summed E-state index contributed by atoms with van der Waals surface area (Å²) in [4.78, 5) is 0. The molecule has 0 aliphatic rings. The van der Waals surface area contributed by atoms with E-state index in [2.05, 4.69) is 22.5 Å². The second kappa shape index (κ2) is 5.20. The van der Waals surface area contributed by atoms with Crippen molar-refractivity contribution in [3.63, 3.8) is 0 Å². The zero-order valence-electron chi connectivity index (χ0n) is 8.59. The fraction of sp³-hybridized carbons (Fsp3) is 0.333. The summed E-state index contributed by atoms with van der Waals surface area (Å²) < 4.78 is 5.69. The van der Waals surface area contributed by atoms with Gasteiger partial charge >= 0.3 is 0 Å². The van der Waals surface area contributed by atoms with E-state index in [-0.39, 0.29) is 6.10 Å². The number of allylic oxidation sites excluding steroid dienone is 1. The van der Waals surface area contributed by atoms with Gasteiger partial charge in [0.1, 0.15) is 5.75 Å². The highest BCUT2D eigenvalue weighted by Crippen LogP contribution is 2.26. The Bertz CT molecular complexity index is 318. The molecule has 1 rings (SSSR count). The molecule has 2 heteroatoms. The van der Waals surface area contributed by atoms with E-state index < -0.39 is 0 Å². The molecule has 0 N–H and O–H groups in total. The molecule has 1 nitrogen and oxygen atoms in total. The van der Waals surface area contributed by atoms with Crippen LogP contribution < -0.4 is 4.74 Å². The third kappa shape index (κ3) is 2.88. The fourth-order valence-electron chi connectivity index (χ4n) is 1.19. The Hall–Kier alpha value is -0.760. The van der Waals surface area contributed by atoms with Crippen LogP contribution in [0.2, 0.25) is 0 Å². The number of para-hydroxylation sites is 1. The molecule has 0 saturated heterocycles. The molecule has 0 saturated carbocycles. The number of hydrogen-bond acceptors (Lipinski definition) is 1. The summed E-state index contributed by atoms with van der Waals surface area (Å²) in [6.07, 6.45) is 0.194. The van der Waals surface area contributed by atoms with E-state index >= 15 is 0 Å². The lowest BCUT2D eigenvalue weighted by molar-refractivity contribution is 0.242. The maximum Gasteiger partial charge on any atom is 0.127 e. The number of rotatable bonds is 4. The van der Waals surface area contributed by atoms with Crippen molar-refractivity contribution in [1.82, 2.24) is 0 Å². The Morgan fingerprint density at radius 1 is 1.43 bits per heavy atom. The topological polar surface area (TPSA) is 9.23 Å². The van der Waals surface area contributed by atoms with E-state index in [1.54, 1.807) is 0 Å². The summed E-state index contributed by atoms with van der Waals surface area (Å²) in [5, 5.41) is 0.769. The van der Waals surface area contributed by atoms with Crippen LogP contribution in [0.5, 0.6) is 5.75 Å². The van der Waals surface area contributed by atoms with Crippen molar-refractivity contribution in [2.24, 2.45) is 0 Å². The van der Waals surface area contributed by atoms with Crippen LogP contribution in [-0.2, 0) is 0 Å². The lowest BCUT2D eigenvalue weighted by atomic mass is 10.1. The smallest absolute Gasteiger partial charge is 0.127 e. The predicted octanol–water partition coefficient (Wildman–Crippen LogP) is 3.88. The first-order valence-corrected chi connectivity index (χ1v) is 5.77. The van der Waals surface area contributed by atoms with Crippen molar-refractivity contribution in [2.75, 3.05) is 5.33 Å². The van der Waals surface area contributed by atoms with Crippen LogP contribution in [-0.4, -0.2) is 11.4 Å². The molecular formula is C12H15BrO. The molecule has 0 radical (unpaired) electrons. The Balaban J connectivity index is 2.97. The van der Waals surface area contributed by atoms with E-state index in [0.717, 1.165) is 22.2 Å². The molecule has 0 bridgehead atoms. The molecule has 0 aliphatic carbocycles. The highest BCUT2D eigenvalue weighted by atomic mass is 79.9. The maximum absolute atomic E-state index is 5.69. The minimum Gasteiger partial charge on any atom is -0.490 e. The van der Waals surface area contributed by atoms with Gasteiger partial charge in [-0.05, 0) is 25.5 Å². The van der Waals surface area contributed by atoms with E-state index in [9.17, 15) is 0 Å². The Morgan fingerprint density at radius 3 is 2.64 bits per heavy atom. The molecule has 1 aromatic rings. The average Bonchev–Trinajstić information content (AvgIpc) is 2.16. The molecule has 0 aliphatic heterocycles. The molecule has 0 aromatic heterocycles. The largest absolute Gasteiger partial charge is 0.490 e. The fourth-order valence-corrected chi connectivity index (χ4v) is 1.49. The summed E-state index contributed by atoms with van der Waals surface area (Å²) in [5.41, 5.74) is 2.12. The Kier molecular flexibility index (Phi) is 4.21. The second-order valence-corrected chi connectivity index (χ2v) is 3.96. The standard InChI is InChI=1S/C12H15BrO/c1-9(2)14-12-7-5-4-6-11(12)10(3)8-13/h4-7,9H,3,8H2,1-2H3. The van der Waals surface area contributed by atoms with E-state index in [4.69, 9.17) is 4.74 Å². The van der Waals surface area contributed by atoms with Gasteiger partial charge in [-0.15, -0.1) is 0 Å². The van der Waals surface area contributed by atoms with Gasteiger partial charge in [0.15, 0.2) is 0 Å². The number of hydrogen-bond donors (Lipinski definition) is 0. The van der Waals surface area contributed by atoms with Crippen molar-refractivity contribution in [1.29, 1.82) is 0 Å². The van der Waals surface area contributed by atoms with Crippen molar-refractivity contribution in [3.05, 3.63) is 36.4 Å². The van der Waals surface area contributed by atoms with Crippen LogP contribution in [0.15, 0.2) is 30.8 Å². The highest BCUT2D eigenvalue weighted by molar-refractivity contribution is 9.09. The van der Waals surface area contributed by atoms with Crippen LogP contribution in [0.3, 0.4) is 0 Å². The quantitative estimate of drug-likeness (QED) is 0.742. The molecule has 76 valence electrons. The summed E-state index contributed by atoms with van der Waals surface area (Å²) >= 11 is 3.40. The van der Waals surface area contributed by atoms with Crippen LogP contribution in [0, 0.1) is 0 Å². The second-order valence-electron chi connectivity index (χ2n) is 3.40. The lowest BCUT2D eigenvalue weighted by Gasteiger charge is -2.14. The van der Waals surface area contributed by atoms with Crippen molar-refractivity contribution in [2.45, 2.75) is 20.0 Å². The minimum atomic E-state index is 0.194. The first-order chi connectivity index (χ1) is 6.65. The van der Waals surface area contributed by atoms with Gasteiger partial charge in [0.25, 0.3) is 0 Å². The van der Waals surface area contributed by atoms with Gasteiger partial charge in [0.05, 0.1) is 6.10 Å². The lowest BCUT2D eigenvalue weighted by Crippen LogP contribution is -2.07. The number of benzene rings is 1. The van der Waals surface area contributed by atoms with Crippen molar-refractivity contribution < 1.29 is 4.74 Å². The summed E-state index contributed by atoms with van der Waals surface area (Å²) in [7, 11) is 0. The molecular weight excluding hydrogens is 240 g/mol. The zero-order chi connectivity index (χ0) is 10.6. The van der Waals surface area contributed by atoms with Gasteiger partial charge in [-0.1, -0.05) is 40.7 Å². The molecule has 0 spiro atoms. The van der Waals surface area contributed by atoms with Crippen LogP contribution in [0.25, 0.3) is 5.57 Å². The monoisotopic (exact) mass is 254 g/mol. The Labute approximate surface area is 93.9 Å². The molecule has 14 heavy (non-hydrogen) atoms. The molecule has 0 unspecified atom stereocenters. The number of halogens is 1. The van der Waals surface area contributed by atoms with Crippen LogP contribution in [0.4, 0.5) is 0 Å².